The van der Waals surface area contributed by atoms with Gasteiger partial charge in [-0.1, -0.05) is 17.4 Å². The minimum absolute atomic E-state index is 0.242. The molecule has 3 aromatic rings. The van der Waals surface area contributed by atoms with Crippen molar-refractivity contribution in [2.45, 2.75) is 18.4 Å². The summed E-state index contributed by atoms with van der Waals surface area (Å²) in [5.41, 5.74) is 1.61. The predicted octanol–water partition coefficient (Wildman–Crippen LogP) is 4.21. The van der Waals surface area contributed by atoms with Gasteiger partial charge in [0, 0.05) is 24.1 Å². The minimum Gasteiger partial charge on any atom is -0.494 e. The van der Waals surface area contributed by atoms with Crippen molar-refractivity contribution in [3.63, 3.8) is 0 Å². The highest BCUT2D eigenvalue weighted by Gasteiger charge is 2.11. The zero-order valence-electron chi connectivity index (χ0n) is 15.6. The second kappa shape index (κ2) is 9.21. The molecule has 0 aliphatic heterocycles. The van der Waals surface area contributed by atoms with E-state index in [1.807, 2.05) is 54.1 Å². The molecule has 0 saturated heterocycles. The van der Waals surface area contributed by atoms with Crippen molar-refractivity contribution in [3.05, 3.63) is 52.8 Å². The molecule has 0 atom stereocenters. The number of ether oxygens (including phenoxy) is 2. The monoisotopic (exact) mass is 402 g/mol. The number of fused-ring (bicyclic) bond motifs is 1. The molecule has 5 nitrogen and oxygen atoms in total. The maximum Gasteiger partial charge on any atom is 0.279 e. The summed E-state index contributed by atoms with van der Waals surface area (Å²) >= 11 is 3.09. The lowest BCUT2D eigenvalue weighted by atomic mass is 10.2. The van der Waals surface area contributed by atoms with Crippen LogP contribution < -0.4 is 9.54 Å². The third kappa shape index (κ3) is 4.61. The molecule has 0 unspecified atom stereocenters. The maximum atomic E-state index is 12.7. The van der Waals surface area contributed by atoms with Gasteiger partial charge in [-0.15, -0.1) is 11.8 Å². The van der Waals surface area contributed by atoms with Gasteiger partial charge >= 0.3 is 0 Å². The molecule has 27 heavy (non-hydrogen) atoms. The first kappa shape index (κ1) is 19.7. The van der Waals surface area contributed by atoms with Crippen molar-refractivity contribution in [2.75, 3.05) is 26.6 Å². The normalized spacial score (nSPS) is 11.9. The Balaban J connectivity index is 2.07. The lowest BCUT2D eigenvalue weighted by Crippen LogP contribution is -2.19. The van der Waals surface area contributed by atoms with Gasteiger partial charge in [0.15, 0.2) is 4.80 Å². The summed E-state index contributed by atoms with van der Waals surface area (Å²) in [5.74, 6) is 0.573. The van der Waals surface area contributed by atoms with Crippen LogP contribution in [-0.2, 0) is 11.3 Å². The van der Waals surface area contributed by atoms with Crippen LogP contribution in [0.4, 0.5) is 0 Å². The fraction of sp³-hybridized carbons (Fsp3) is 0.300. The molecule has 142 valence electrons. The Morgan fingerprint density at radius 3 is 2.85 bits per heavy atom. The number of carbonyl (C=O) groups is 1. The van der Waals surface area contributed by atoms with Crippen LogP contribution in [0.5, 0.6) is 5.75 Å². The number of thiazole rings is 1. The van der Waals surface area contributed by atoms with Crippen molar-refractivity contribution < 1.29 is 14.3 Å². The molecule has 0 radical (unpaired) electrons. The number of aromatic nitrogens is 1. The lowest BCUT2D eigenvalue weighted by Gasteiger charge is -2.06. The fourth-order valence-corrected chi connectivity index (χ4v) is 4.24. The third-order valence-corrected chi connectivity index (χ3v) is 5.76. The molecule has 1 aromatic heterocycles. The zero-order chi connectivity index (χ0) is 19.2. The van der Waals surface area contributed by atoms with Gasteiger partial charge in [0.25, 0.3) is 5.91 Å². The fourth-order valence-electron chi connectivity index (χ4n) is 2.70. The van der Waals surface area contributed by atoms with Gasteiger partial charge in [-0.25, -0.2) is 0 Å². The van der Waals surface area contributed by atoms with E-state index in [4.69, 9.17) is 9.47 Å². The van der Waals surface area contributed by atoms with E-state index >= 15 is 0 Å². The average Bonchev–Trinajstić information content (AvgIpc) is 3.02. The second-order valence-electron chi connectivity index (χ2n) is 5.74. The SMILES string of the molecule is CCOc1ccc2c(c1)sc(=NC(=O)c1cccc(SC)c1)n2CCOC. The van der Waals surface area contributed by atoms with Crippen molar-refractivity contribution in [1.82, 2.24) is 4.57 Å². The quantitative estimate of drug-likeness (QED) is 0.556. The number of thioether (sulfide) groups is 1. The van der Waals surface area contributed by atoms with E-state index in [2.05, 4.69) is 4.99 Å². The van der Waals surface area contributed by atoms with Gasteiger partial charge in [-0.3, -0.25) is 4.79 Å². The highest BCUT2D eigenvalue weighted by Crippen LogP contribution is 2.24. The van der Waals surface area contributed by atoms with Gasteiger partial charge in [0.2, 0.25) is 0 Å². The molecule has 7 heteroatoms. The number of amides is 1. The zero-order valence-corrected chi connectivity index (χ0v) is 17.2. The maximum absolute atomic E-state index is 12.7. The Kier molecular flexibility index (Phi) is 6.71. The summed E-state index contributed by atoms with van der Waals surface area (Å²) in [4.78, 5) is 18.8. The van der Waals surface area contributed by atoms with Crippen molar-refractivity contribution in [3.8, 4) is 5.75 Å². The van der Waals surface area contributed by atoms with Gasteiger partial charge < -0.3 is 14.0 Å². The van der Waals surface area contributed by atoms with Crippen LogP contribution in [0.2, 0.25) is 0 Å². The molecule has 0 fully saturated rings. The Hall–Kier alpha value is -2.09. The molecule has 0 saturated carbocycles. The highest BCUT2D eigenvalue weighted by atomic mass is 32.2. The van der Waals surface area contributed by atoms with Crippen LogP contribution in [-0.4, -0.2) is 37.1 Å². The molecule has 0 N–H and O–H groups in total. The number of nitrogens with zero attached hydrogens (tertiary/aromatic N) is 2. The number of rotatable bonds is 7. The van der Waals surface area contributed by atoms with E-state index in [9.17, 15) is 4.79 Å². The number of carbonyl (C=O) groups excluding carboxylic acids is 1. The Morgan fingerprint density at radius 1 is 1.26 bits per heavy atom. The van der Waals surface area contributed by atoms with E-state index in [0.717, 1.165) is 20.9 Å². The number of hydrogen-bond acceptors (Lipinski definition) is 5. The summed E-state index contributed by atoms with van der Waals surface area (Å²) in [7, 11) is 1.66. The molecule has 0 aliphatic carbocycles. The molecule has 0 aliphatic rings. The van der Waals surface area contributed by atoms with Crippen LogP contribution >= 0.6 is 23.1 Å². The van der Waals surface area contributed by atoms with Crippen LogP contribution in [0, 0.1) is 0 Å². The summed E-state index contributed by atoms with van der Waals surface area (Å²) in [5, 5.41) is 0. The Labute approximate surface area is 166 Å². The predicted molar refractivity (Wildman–Crippen MR) is 111 cm³/mol. The number of hydrogen-bond donors (Lipinski definition) is 0. The second-order valence-corrected chi connectivity index (χ2v) is 7.63. The molecule has 1 amide bonds. The molecule has 1 heterocycles. The molecule has 0 spiro atoms. The summed E-state index contributed by atoms with van der Waals surface area (Å²) in [6.45, 7) is 3.74. The topological polar surface area (TPSA) is 52.8 Å². The van der Waals surface area contributed by atoms with E-state index in [0.29, 0.717) is 30.1 Å². The van der Waals surface area contributed by atoms with Crippen LogP contribution in [0.15, 0.2) is 52.4 Å². The third-order valence-electron chi connectivity index (χ3n) is 4.00. The smallest absolute Gasteiger partial charge is 0.279 e. The number of benzene rings is 2. The summed E-state index contributed by atoms with van der Waals surface area (Å²) in [6, 6.07) is 13.5. The first-order chi connectivity index (χ1) is 13.2. The minimum atomic E-state index is -0.242. The van der Waals surface area contributed by atoms with E-state index < -0.39 is 0 Å². The average molecular weight is 403 g/mol. The van der Waals surface area contributed by atoms with Crippen LogP contribution in [0.25, 0.3) is 10.2 Å². The van der Waals surface area contributed by atoms with Gasteiger partial charge in [-0.05, 0) is 49.6 Å². The van der Waals surface area contributed by atoms with Gasteiger partial charge in [0.1, 0.15) is 5.75 Å². The first-order valence-electron chi connectivity index (χ1n) is 8.64. The largest absolute Gasteiger partial charge is 0.494 e. The molecular weight excluding hydrogens is 380 g/mol. The van der Waals surface area contributed by atoms with Crippen molar-refractivity contribution >= 4 is 39.2 Å². The number of methoxy groups -OCH3 is 1. The van der Waals surface area contributed by atoms with E-state index in [1.54, 1.807) is 24.9 Å². The van der Waals surface area contributed by atoms with Crippen molar-refractivity contribution in [2.24, 2.45) is 4.99 Å². The molecular formula is C20H22N2O3S2. The van der Waals surface area contributed by atoms with E-state index in [1.165, 1.54) is 11.3 Å². The Morgan fingerprint density at radius 2 is 2.11 bits per heavy atom. The lowest BCUT2D eigenvalue weighted by molar-refractivity contribution is 0.0997. The standard InChI is InChI=1S/C20H22N2O3S2/c1-4-25-15-8-9-17-18(13-15)27-20(22(17)10-11-24-2)21-19(23)14-6-5-7-16(12-14)26-3/h5-9,12-13H,4,10-11H2,1-3H3. The molecule has 2 aromatic carbocycles. The van der Waals surface area contributed by atoms with Crippen LogP contribution in [0.3, 0.4) is 0 Å². The molecule has 0 bridgehead atoms. The summed E-state index contributed by atoms with van der Waals surface area (Å²) < 4.78 is 13.9. The van der Waals surface area contributed by atoms with Gasteiger partial charge in [0.05, 0.1) is 23.4 Å². The first-order valence-corrected chi connectivity index (χ1v) is 10.7. The molecule has 3 rings (SSSR count). The van der Waals surface area contributed by atoms with E-state index in [-0.39, 0.29) is 5.91 Å². The highest BCUT2D eigenvalue weighted by molar-refractivity contribution is 7.98. The summed E-state index contributed by atoms with van der Waals surface area (Å²) in [6.07, 6.45) is 1.99. The van der Waals surface area contributed by atoms with Crippen molar-refractivity contribution in [1.29, 1.82) is 0 Å². The van der Waals surface area contributed by atoms with Gasteiger partial charge in [-0.2, -0.15) is 4.99 Å². The Bertz CT molecular complexity index is 1010. The van der Waals surface area contributed by atoms with Crippen LogP contribution in [0.1, 0.15) is 17.3 Å².